The number of hydrogen-bond donors (Lipinski definition) is 1. The standard InChI is InChI=1S/C42H86NO7P/c1-6-8-10-12-14-16-18-20-22-23-25-27-29-31-33-35-42(44)50-41(40-49-51(45,46)48-38-36-43(3,4)5)39-47-37-34-32-30-28-26-24-21-19-17-15-13-11-9-7-2/h41H,6-40H2,1-5H3/p+1. The van der Waals surface area contributed by atoms with Crippen LogP contribution in [0.15, 0.2) is 0 Å². The van der Waals surface area contributed by atoms with Crippen LogP contribution in [0, 0.1) is 0 Å². The first kappa shape index (κ1) is 50.5. The van der Waals surface area contributed by atoms with Crippen molar-refractivity contribution in [2.75, 3.05) is 54.1 Å². The molecule has 0 saturated carbocycles. The lowest BCUT2D eigenvalue weighted by atomic mass is 10.0. The van der Waals surface area contributed by atoms with Gasteiger partial charge in [-0.15, -0.1) is 0 Å². The zero-order chi connectivity index (χ0) is 37.7. The third-order valence-corrected chi connectivity index (χ3v) is 10.7. The molecule has 2 atom stereocenters. The molecule has 0 aromatic heterocycles. The fraction of sp³-hybridized carbons (Fsp3) is 0.976. The van der Waals surface area contributed by atoms with Crippen LogP contribution in [0.25, 0.3) is 0 Å². The highest BCUT2D eigenvalue weighted by Crippen LogP contribution is 2.43. The first-order chi connectivity index (χ1) is 24.6. The highest BCUT2D eigenvalue weighted by Gasteiger charge is 2.26. The van der Waals surface area contributed by atoms with E-state index in [0.717, 1.165) is 32.1 Å². The van der Waals surface area contributed by atoms with Gasteiger partial charge in [0.1, 0.15) is 19.3 Å². The van der Waals surface area contributed by atoms with E-state index < -0.39 is 13.9 Å². The second-order valence-electron chi connectivity index (χ2n) is 16.1. The summed E-state index contributed by atoms with van der Waals surface area (Å²) in [5.74, 6) is -0.308. The van der Waals surface area contributed by atoms with E-state index >= 15 is 0 Å². The lowest BCUT2D eigenvalue weighted by Gasteiger charge is -2.24. The largest absolute Gasteiger partial charge is 0.472 e. The van der Waals surface area contributed by atoms with Gasteiger partial charge in [-0.1, -0.05) is 187 Å². The Balaban J connectivity index is 4.20. The van der Waals surface area contributed by atoms with Crippen molar-refractivity contribution >= 4 is 13.8 Å². The van der Waals surface area contributed by atoms with E-state index in [1.54, 1.807) is 0 Å². The maximum Gasteiger partial charge on any atom is 0.472 e. The lowest BCUT2D eigenvalue weighted by molar-refractivity contribution is -0.870. The molecule has 0 heterocycles. The molecule has 0 radical (unpaired) electrons. The van der Waals surface area contributed by atoms with Crippen molar-refractivity contribution in [3.63, 3.8) is 0 Å². The Morgan fingerprint density at radius 3 is 1.29 bits per heavy atom. The van der Waals surface area contributed by atoms with Crippen LogP contribution >= 0.6 is 7.82 Å². The third-order valence-electron chi connectivity index (χ3n) is 9.67. The number of esters is 1. The van der Waals surface area contributed by atoms with Gasteiger partial charge in [-0.2, -0.15) is 0 Å². The van der Waals surface area contributed by atoms with Crippen molar-refractivity contribution in [1.29, 1.82) is 0 Å². The molecular weight excluding hydrogens is 661 g/mol. The summed E-state index contributed by atoms with van der Waals surface area (Å²) in [6.07, 6.45) is 36.9. The van der Waals surface area contributed by atoms with Crippen molar-refractivity contribution in [2.45, 2.75) is 213 Å². The number of phosphoric acid groups is 1. The summed E-state index contributed by atoms with van der Waals surface area (Å²) in [5, 5.41) is 0. The second-order valence-corrected chi connectivity index (χ2v) is 17.5. The summed E-state index contributed by atoms with van der Waals surface area (Å²) in [7, 11) is 1.68. The van der Waals surface area contributed by atoms with E-state index in [1.807, 2.05) is 21.1 Å². The number of rotatable bonds is 41. The summed E-state index contributed by atoms with van der Waals surface area (Å²) in [5.41, 5.74) is 0. The number of quaternary nitrogens is 1. The number of nitrogens with zero attached hydrogens (tertiary/aromatic N) is 1. The van der Waals surface area contributed by atoms with Gasteiger partial charge in [0.05, 0.1) is 34.4 Å². The minimum atomic E-state index is -4.26. The molecule has 0 aliphatic carbocycles. The first-order valence-electron chi connectivity index (χ1n) is 21.8. The zero-order valence-electron chi connectivity index (χ0n) is 34.6. The molecule has 51 heavy (non-hydrogen) atoms. The quantitative estimate of drug-likeness (QED) is 0.0288. The Kier molecular flexibility index (Phi) is 36.1. The van der Waals surface area contributed by atoms with E-state index in [2.05, 4.69) is 13.8 Å². The molecule has 8 nitrogen and oxygen atoms in total. The van der Waals surface area contributed by atoms with Crippen LogP contribution in [0.4, 0.5) is 0 Å². The van der Waals surface area contributed by atoms with Crippen molar-refractivity contribution in [1.82, 2.24) is 0 Å². The summed E-state index contributed by atoms with van der Waals surface area (Å²) in [6, 6.07) is 0. The Labute approximate surface area is 317 Å². The SMILES string of the molecule is CCCCCCCCCCCCCCCCCC(=O)OC(COCCCCCCCCCCCCCCCC)COP(=O)(O)OCC[N+](C)(C)C. The maximum absolute atomic E-state index is 12.7. The van der Waals surface area contributed by atoms with E-state index in [0.29, 0.717) is 24.1 Å². The van der Waals surface area contributed by atoms with E-state index in [-0.39, 0.29) is 25.8 Å². The van der Waals surface area contributed by atoms with Crippen LogP contribution in [-0.4, -0.2) is 75.6 Å². The Morgan fingerprint density at radius 2 is 0.902 bits per heavy atom. The predicted molar refractivity (Wildman–Crippen MR) is 215 cm³/mol. The molecule has 0 aliphatic heterocycles. The van der Waals surface area contributed by atoms with Crippen LogP contribution < -0.4 is 0 Å². The van der Waals surface area contributed by atoms with Crippen molar-refractivity contribution in [3.05, 3.63) is 0 Å². The fourth-order valence-corrected chi connectivity index (χ4v) is 7.00. The zero-order valence-corrected chi connectivity index (χ0v) is 35.5. The van der Waals surface area contributed by atoms with Gasteiger partial charge in [-0.3, -0.25) is 13.8 Å². The minimum absolute atomic E-state index is 0.0938. The van der Waals surface area contributed by atoms with Gasteiger partial charge in [0.15, 0.2) is 0 Å². The first-order valence-corrected chi connectivity index (χ1v) is 23.3. The number of carbonyl (C=O) groups is 1. The predicted octanol–water partition coefficient (Wildman–Crippen LogP) is 12.5. The summed E-state index contributed by atoms with van der Waals surface area (Å²) < 4.78 is 35.0. The molecule has 9 heteroatoms. The van der Waals surface area contributed by atoms with E-state index in [1.165, 1.54) is 154 Å². The summed E-state index contributed by atoms with van der Waals surface area (Å²) in [4.78, 5) is 22.8. The maximum atomic E-state index is 12.7. The number of likely N-dealkylation sites (N-methyl/N-ethyl adjacent to an activating group) is 1. The number of ether oxygens (including phenoxy) is 2. The molecule has 0 saturated heterocycles. The number of hydrogen-bond acceptors (Lipinski definition) is 6. The van der Waals surface area contributed by atoms with Gasteiger partial charge in [-0.05, 0) is 12.8 Å². The van der Waals surface area contributed by atoms with Crippen LogP contribution in [0.5, 0.6) is 0 Å². The van der Waals surface area contributed by atoms with E-state index in [4.69, 9.17) is 18.5 Å². The van der Waals surface area contributed by atoms with E-state index in [9.17, 15) is 14.3 Å². The van der Waals surface area contributed by atoms with Gasteiger partial charge in [0.25, 0.3) is 0 Å². The molecule has 0 rings (SSSR count). The molecule has 0 aromatic rings. The number of unbranched alkanes of at least 4 members (excludes halogenated alkanes) is 27. The average molecular weight is 749 g/mol. The molecule has 0 fully saturated rings. The highest BCUT2D eigenvalue weighted by molar-refractivity contribution is 7.47. The molecule has 0 aromatic carbocycles. The van der Waals surface area contributed by atoms with Crippen LogP contribution in [0.2, 0.25) is 0 Å². The Morgan fingerprint density at radius 1 is 0.529 bits per heavy atom. The van der Waals surface area contributed by atoms with Crippen LogP contribution in [-0.2, 0) is 27.9 Å². The van der Waals surface area contributed by atoms with Gasteiger partial charge in [-0.25, -0.2) is 4.57 Å². The molecule has 0 aliphatic rings. The minimum Gasteiger partial charge on any atom is -0.457 e. The van der Waals surface area contributed by atoms with Crippen molar-refractivity contribution < 1.29 is 37.3 Å². The lowest BCUT2D eigenvalue weighted by Crippen LogP contribution is -2.37. The van der Waals surface area contributed by atoms with Gasteiger partial charge >= 0.3 is 13.8 Å². The average Bonchev–Trinajstić information content (AvgIpc) is 3.08. The number of carbonyl (C=O) groups excluding carboxylic acids is 1. The second kappa shape index (κ2) is 36.5. The topological polar surface area (TPSA) is 91.3 Å². The molecular formula is C42H87NO7P+. The number of phosphoric ester groups is 1. The smallest absolute Gasteiger partial charge is 0.457 e. The molecule has 0 amide bonds. The highest BCUT2D eigenvalue weighted by atomic mass is 31.2. The summed E-state index contributed by atoms with van der Waals surface area (Å²) >= 11 is 0. The van der Waals surface area contributed by atoms with Crippen LogP contribution in [0.3, 0.4) is 0 Å². The molecule has 1 N–H and O–H groups in total. The van der Waals surface area contributed by atoms with Crippen molar-refractivity contribution in [3.8, 4) is 0 Å². The van der Waals surface area contributed by atoms with Gasteiger partial charge in [0.2, 0.25) is 0 Å². The summed E-state index contributed by atoms with van der Waals surface area (Å²) in [6.45, 7) is 5.67. The third kappa shape index (κ3) is 40.5. The Hall–Kier alpha value is -0.500. The molecule has 2 unspecified atom stereocenters. The Bertz CT molecular complexity index is 792. The molecule has 306 valence electrons. The normalized spacial score (nSPS) is 13.8. The van der Waals surface area contributed by atoms with Crippen LogP contribution in [0.1, 0.15) is 206 Å². The fourth-order valence-electron chi connectivity index (χ4n) is 6.26. The van der Waals surface area contributed by atoms with Gasteiger partial charge < -0.3 is 18.9 Å². The molecule has 0 spiro atoms. The monoisotopic (exact) mass is 749 g/mol. The molecule has 0 bridgehead atoms. The van der Waals surface area contributed by atoms with Crippen molar-refractivity contribution in [2.24, 2.45) is 0 Å². The van der Waals surface area contributed by atoms with Gasteiger partial charge in [0, 0.05) is 13.0 Å².